The van der Waals surface area contributed by atoms with E-state index in [1.54, 1.807) is 0 Å². The zero-order chi connectivity index (χ0) is 33.0. The monoisotopic (exact) mass is 613 g/mol. The molecule has 3 rings (SSSR count). The molecule has 0 aliphatic carbocycles. The van der Waals surface area contributed by atoms with Crippen molar-refractivity contribution in [1.82, 2.24) is 15.2 Å². The molecule has 11 heteroatoms. The van der Waals surface area contributed by atoms with E-state index in [4.69, 9.17) is 14.2 Å². The average molecular weight is 614 g/mol. The Morgan fingerprint density at radius 3 is 1.09 bits per heavy atom. The van der Waals surface area contributed by atoms with Gasteiger partial charge in [-0.3, -0.25) is 9.59 Å². The number of hydrogen-bond donors (Lipinski definition) is 3. The fourth-order valence-corrected chi connectivity index (χ4v) is 8.00. The van der Waals surface area contributed by atoms with Gasteiger partial charge in [0.1, 0.15) is 12.2 Å². The van der Waals surface area contributed by atoms with E-state index in [0.29, 0.717) is 38.5 Å². The maximum absolute atomic E-state index is 13.7. The Kier molecular flexibility index (Phi) is 10.2. The molecule has 3 fully saturated rings. The van der Waals surface area contributed by atoms with Crippen molar-refractivity contribution in [2.75, 3.05) is 6.61 Å². The Bertz CT molecular complexity index is 914. The lowest BCUT2D eigenvalue weighted by Crippen LogP contribution is -2.61. The molecular weight excluding hydrogens is 554 g/mol. The molecule has 3 N–H and O–H groups in total. The van der Waals surface area contributed by atoms with Crippen LogP contribution in [0.25, 0.3) is 0 Å². The SMILES string of the molecule is CC1(C)CC(OCCC(C(=O)OC2CC(C)(C)N(O)C(C)(C)C2)C(=O)OC2CC(C)(C)N(O)C(C)(C)C2)CC(C)(C)N1O. The average Bonchev–Trinajstić information content (AvgIpc) is 2.80. The molecule has 0 saturated carbocycles. The topological polar surface area (TPSA) is 132 Å². The first-order chi connectivity index (χ1) is 19.3. The van der Waals surface area contributed by atoms with E-state index in [9.17, 15) is 25.2 Å². The van der Waals surface area contributed by atoms with Gasteiger partial charge in [0.25, 0.3) is 0 Å². The number of hydrogen-bond acceptors (Lipinski definition) is 11. The molecule has 3 aliphatic heterocycles. The van der Waals surface area contributed by atoms with Gasteiger partial charge < -0.3 is 29.8 Å². The van der Waals surface area contributed by atoms with Crippen LogP contribution < -0.4 is 0 Å². The van der Waals surface area contributed by atoms with Crippen LogP contribution in [0.5, 0.6) is 0 Å². The molecule has 0 unspecified atom stereocenters. The molecule has 0 spiro atoms. The van der Waals surface area contributed by atoms with Crippen molar-refractivity contribution in [3.05, 3.63) is 0 Å². The van der Waals surface area contributed by atoms with E-state index < -0.39 is 63.3 Å². The van der Waals surface area contributed by atoms with Crippen LogP contribution in [-0.4, -0.2) is 101 Å². The van der Waals surface area contributed by atoms with Crippen LogP contribution in [0.1, 0.15) is 128 Å². The third kappa shape index (κ3) is 8.09. The maximum Gasteiger partial charge on any atom is 0.320 e. The molecule has 3 aliphatic rings. The normalized spacial score (nSPS) is 28.1. The van der Waals surface area contributed by atoms with Crippen molar-refractivity contribution < 1.29 is 39.4 Å². The molecule has 0 amide bonds. The van der Waals surface area contributed by atoms with Gasteiger partial charge in [0.05, 0.1) is 6.10 Å². The van der Waals surface area contributed by atoms with Crippen molar-refractivity contribution in [2.24, 2.45) is 5.92 Å². The summed E-state index contributed by atoms with van der Waals surface area (Å²) in [6.07, 6.45) is 1.82. The Morgan fingerprint density at radius 2 is 0.814 bits per heavy atom. The second-order valence-electron chi connectivity index (χ2n) is 17.0. The maximum atomic E-state index is 13.7. The van der Waals surface area contributed by atoms with E-state index in [0.717, 1.165) is 0 Å². The van der Waals surface area contributed by atoms with Crippen molar-refractivity contribution in [1.29, 1.82) is 0 Å². The molecule has 0 aromatic carbocycles. The number of rotatable bonds is 8. The molecule has 0 bridgehead atoms. The minimum absolute atomic E-state index is 0.0924. The summed E-state index contributed by atoms with van der Waals surface area (Å²) in [5.41, 5.74) is -3.48. The van der Waals surface area contributed by atoms with Crippen LogP contribution in [0.2, 0.25) is 0 Å². The minimum atomic E-state index is -1.18. The lowest BCUT2D eigenvalue weighted by Gasteiger charge is -2.51. The van der Waals surface area contributed by atoms with Crippen LogP contribution in [0.3, 0.4) is 0 Å². The number of ether oxygens (including phenoxy) is 3. The van der Waals surface area contributed by atoms with Gasteiger partial charge in [-0.05, 0) is 102 Å². The predicted molar refractivity (Wildman–Crippen MR) is 161 cm³/mol. The predicted octanol–water partition coefficient (Wildman–Crippen LogP) is 5.33. The van der Waals surface area contributed by atoms with E-state index >= 15 is 0 Å². The third-order valence-electron chi connectivity index (χ3n) is 9.70. The second kappa shape index (κ2) is 12.1. The highest BCUT2D eigenvalue weighted by molar-refractivity contribution is 5.95. The Morgan fingerprint density at radius 1 is 0.558 bits per heavy atom. The van der Waals surface area contributed by atoms with Crippen molar-refractivity contribution in [2.45, 2.75) is 180 Å². The molecule has 0 aromatic heterocycles. The zero-order valence-electron chi connectivity index (χ0n) is 28.7. The highest BCUT2D eigenvalue weighted by Crippen LogP contribution is 2.41. The quantitative estimate of drug-likeness (QED) is 0.242. The number of esters is 2. The molecule has 3 heterocycles. The van der Waals surface area contributed by atoms with E-state index in [1.807, 2.05) is 83.1 Å². The number of carbonyl (C=O) groups excluding carboxylic acids is 2. The Hall–Kier alpha value is -1.34. The van der Waals surface area contributed by atoms with Crippen LogP contribution >= 0.6 is 0 Å². The van der Waals surface area contributed by atoms with Crippen LogP contribution in [0.15, 0.2) is 0 Å². The fraction of sp³-hybridized carbons (Fsp3) is 0.938. The summed E-state index contributed by atoms with van der Waals surface area (Å²) < 4.78 is 18.2. The lowest BCUT2D eigenvalue weighted by atomic mass is 9.80. The Balaban J connectivity index is 1.75. The van der Waals surface area contributed by atoms with Crippen LogP contribution in [-0.2, 0) is 23.8 Å². The molecule has 0 atom stereocenters. The molecule has 0 radical (unpaired) electrons. The number of piperidine rings is 3. The van der Waals surface area contributed by atoms with Crippen LogP contribution in [0, 0.1) is 5.92 Å². The summed E-state index contributed by atoms with van der Waals surface area (Å²) in [7, 11) is 0. The summed E-state index contributed by atoms with van der Waals surface area (Å²) >= 11 is 0. The number of carbonyl (C=O) groups is 2. The van der Waals surface area contributed by atoms with E-state index in [1.165, 1.54) is 15.2 Å². The second-order valence-corrected chi connectivity index (χ2v) is 17.0. The first-order valence-electron chi connectivity index (χ1n) is 15.8. The smallest absolute Gasteiger partial charge is 0.320 e. The summed E-state index contributed by atoms with van der Waals surface area (Å²) in [5.74, 6) is -2.49. The fourth-order valence-electron chi connectivity index (χ4n) is 8.00. The first kappa shape index (κ1) is 36.1. The molecule has 0 aromatic rings. The highest BCUT2D eigenvalue weighted by Gasteiger charge is 2.50. The van der Waals surface area contributed by atoms with Gasteiger partial charge in [0.2, 0.25) is 0 Å². The number of hydroxylamine groups is 6. The van der Waals surface area contributed by atoms with Gasteiger partial charge in [-0.1, -0.05) is 0 Å². The summed E-state index contributed by atoms with van der Waals surface area (Å²) in [6, 6.07) is 0. The standard InChI is InChI=1S/C32H59N3O8/c1-27(2)15-21(16-28(3,4)33(27)38)41-14-13-24(25(36)42-22-17-29(5,6)34(39)30(7,8)18-22)26(37)43-23-19-31(9,10)35(40)32(11,12)20-23/h21-24,38-40H,13-20H2,1-12H3. The van der Waals surface area contributed by atoms with Crippen molar-refractivity contribution in [3.8, 4) is 0 Å². The largest absolute Gasteiger partial charge is 0.462 e. The van der Waals surface area contributed by atoms with Crippen molar-refractivity contribution in [3.63, 3.8) is 0 Å². The van der Waals surface area contributed by atoms with Gasteiger partial charge in [-0.15, -0.1) is 0 Å². The number of nitrogens with zero attached hydrogens (tertiary/aromatic N) is 3. The Labute approximate surface area is 258 Å². The third-order valence-corrected chi connectivity index (χ3v) is 9.70. The van der Waals surface area contributed by atoms with Gasteiger partial charge in [-0.2, -0.15) is 15.2 Å². The molecule has 250 valence electrons. The van der Waals surface area contributed by atoms with E-state index in [2.05, 4.69) is 0 Å². The highest BCUT2D eigenvalue weighted by atomic mass is 16.6. The van der Waals surface area contributed by atoms with Crippen LogP contribution in [0.4, 0.5) is 0 Å². The van der Waals surface area contributed by atoms with E-state index in [-0.39, 0.29) is 19.1 Å². The summed E-state index contributed by atoms with van der Waals surface area (Å²) in [4.78, 5) is 27.4. The minimum Gasteiger partial charge on any atom is -0.462 e. The summed E-state index contributed by atoms with van der Waals surface area (Å²) in [6.45, 7) is 23.2. The van der Waals surface area contributed by atoms with Gasteiger partial charge in [-0.25, -0.2) is 0 Å². The molecule has 3 saturated heterocycles. The molecule has 43 heavy (non-hydrogen) atoms. The van der Waals surface area contributed by atoms with Gasteiger partial charge in [0.15, 0.2) is 5.92 Å². The lowest BCUT2D eigenvalue weighted by molar-refractivity contribution is -0.263. The molecule has 11 nitrogen and oxygen atoms in total. The van der Waals surface area contributed by atoms with Crippen molar-refractivity contribution >= 4 is 11.9 Å². The first-order valence-corrected chi connectivity index (χ1v) is 15.8. The van der Waals surface area contributed by atoms with Gasteiger partial charge >= 0.3 is 11.9 Å². The zero-order valence-corrected chi connectivity index (χ0v) is 28.7. The summed E-state index contributed by atoms with van der Waals surface area (Å²) in [5, 5.41) is 36.1. The molecular formula is C32H59N3O8. The van der Waals surface area contributed by atoms with Gasteiger partial charge in [0, 0.05) is 65.5 Å².